The number of ether oxygens (including phenoxy) is 1. The normalized spacial score (nSPS) is 10.5. The standard InChI is InChI=1S/C8H6ClN3O3/c1-15-8(13)5-2-4(9)3-6-7(5)11-12(14)10-6/h2-3,14H,1H3. The highest BCUT2D eigenvalue weighted by molar-refractivity contribution is 6.31. The molecule has 0 atom stereocenters. The molecule has 0 saturated heterocycles. The predicted octanol–water partition coefficient (Wildman–Crippen LogP) is 1.11. The number of halogens is 1. The SMILES string of the molecule is COC(=O)c1cc(Cl)cc2nn(O)nc12. The zero-order valence-electron chi connectivity index (χ0n) is 7.64. The van der Waals surface area contributed by atoms with Gasteiger partial charge in [-0.25, -0.2) is 4.79 Å². The molecule has 6 nitrogen and oxygen atoms in total. The first kappa shape index (κ1) is 9.72. The molecule has 15 heavy (non-hydrogen) atoms. The molecule has 0 unspecified atom stereocenters. The number of nitrogens with zero attached hydrogens (tertiary/aromatic N) is 3. The van der Waals surface area contributed by atoms with E-state index in [2.05, 4.69) is 14.9 Å². The van der Waals surface area contributed by atoms with E-state index in [4.69, 9.17) is 16.8 Å². The molecule has 0 saturated carbocycles. The topological polar surface area (TPSA) is 77.2 Å². The predicted molar refractivity (Wildman–Crippen MR) is 51.1 cm³/mol. The highest BCUT2D eigenvalue weighted by Crippen LogP contribution is 2.21. The van der Waals surface area contributed by atoms with Crippen molar-refractivity contribution >= 4 is 28.6 Å². The molecule has 0 radical (unpaired) electrons. The first-order chi connectivity index (χ1) is 7.11. The second-order valence-electron chi connectivity index (χ2n) is 2.78. The summed E-state index contributed by atoms with van der Waals surface area (Å²) < 4.78 is 4.55. The molecule has 2 aromatic rings. The number of hydrogen-bond acceptors (Lipinski definition) is 5. The van der Waals surface area contributed by atoms with E-state index in [1.165, 1.54) is 19.2 Å². The molecule has 1 aromatic heterocycles. The minimum Gasteiger partial charge on any atom is -0.465 e. The van der Waals surface area contributed by atoms with E-state index in [-0.39, 0.29) is 11.1 Å². The Morgan fingerprint density at radius 2 is 2.27 bits per heavy atom. The smallest absolute Gasteiger partial charge is 0.340 e. The van der Waals surface area contributed by atoms with Crippen LogP contribution in [-0.2, 0) is 4.74 Å². The summed E-state index contributed by atoms with van der Waals surface area (Å²) in [5, 5.41) is 16.6. The minimum atomic E-state index is -0.581. The molecule has 0 spiro atoms. The van der Waals surface area contributed by atoms with Gasteiger partial charge in [0, 0.05) is 5.02 Å². The van der Waals surface area contributed by atoms with Crippen molar-refractivity contribution in [3.05, 3.63) is 22.7 Å². The Bertz CT molecular complexity index is 537. The number of esters is 1. The number of rotatable bonds is 1. The Hall–Kier alpha value is -1.82. The van der Waals surface area contributed by atoms with Crippen molar-refractivity contribution in [3.63, 3.8) is 0 Å². The van der Waals surface area contributed by atoms with E-state index in [1.54, 1.807) is 0 Å². The Morgan fingerprint density at radius 3 is 2.93 bits per heavy atom. The van der Waals surface area contributed by atoms with Gasteiger partial charge in [-0.1, -0.05) is 11.6 Å². The summed E-state index contributed by atoms with van der Waals surface area (Å²) in [6, 6.07) is 2.90. The number of carbonyl (C=O) groups is 1. The molecule has 0 amide bonds. The maximum atomic E-state index is 11.3. The van der Waals surface area contributed by atoms with E-state index in [0.29, 0.717) is 15.5 Å². The Morgan fingerprint density at radius 1 is 1.53 bits per heavy atom. The first-order valence-corrected chi connectivity index (χ1v) is 4.34. The van der Waals surface area contributed by atoms with Gasteiger partial charge in [0.15, 0.2) is 0 Å². The van der Waals surface area contributed by atoms with Crippen LogP contribution in [-0.4, -0.2) is 33.4 Å². The first-order valence-electron chi connectivity index (χ1n) is 3.96. The lowest BCUT2D eigenvalue weighted by Gasteiger charge is -1.99. The van der Waals surface area contributed by atoms with E-state index in [1.807, 2.05) is 0 Å². The van der Waals surface area contributed by atoms with Crippen molar-refractivity contribution in [1.29, 1.82) is 0 Å². The van der Waals surface area contributed by atoms with Gasteiger partial charge in [0.1, 0.15) is 11.0 Å². The summed E-state index contributed by atoms with van der Waals surface area (Å²) in [7, 11) is 1.25. The largest absolute Gasteiger partial charge is 0.465 e. The number of carbonyl (C=O) groups excluding carboxylic acids is 1. The molecule has 0 fully saturated rings. The van der Waals surface area contributed by atoms with Crippen molar-refractivity contribution in [3.8, 4) is 0 Å². The maximum Gasteiger partial charge on any atom is 0.340 e. The molecule has 1 N–H and O–H groups in total. The van der Waals surface area contributed by atoms with E-state index < -0.39 is 5.97 Å². The van der Waals surface area contributed by atoms with Gasteiger partial charge in [-0.15, -0.1) is 10.2 Å². The fraction of sp³-hybridized carbons (Fsp3) is 0.125. The Labute approximate surface area is 89.0 Å². The highest BCUT2D eigenvalue weighted by atomic mass is 35.5. The average molecular weight is 228 g/mol. The number of benzene rings is 1. The van der Waals surface area contributed by atoms with Crippen LogP contribution in [0.1, 0.15) is 10.4 Å². The summed E-state index contributed by atoms with van der Waals surface area (Å²) >= 11 is 5.77. The molecule has 0 bridgehead atoms. The van der Waals surface area contributed by atoms with Crippen LogP contribution >= 0.6 is 11.6 Å². The number of aromatic nitrogens is 3. The maximum absolute atomic E-state index is 11.3. The van der Waals surface area contributed by atoms with Crippen molar-refractivity contribution in [2.24, 2.45) is 0 Å². The monoisotopic (exact) mass is 227 g/mol. The van der Waals surface area contributed by atoms with Gasteiger partial charge in [-0.05, 0) is 17.1 Å². The van der Waals surface area contributed by atoms with Crippen molar-refractivity contribution < 1.29 is 14.7 Å². The van der Waals surface area contributed by atoms with Gasteiger partial charge in [0.05, 0.1) is 12.7 Å². The molecule has 1 aromatic carbocycles. The van der Waals surface area contributed by atoms with Gasteiger partial charge in [0.25, 0.3) is 0 Å². The summed E-state index contributed by atoms with van der Waals surface area (Å²) in [5.41, 5.74) is 0.736. The molecule has 1 heterocycles. The van der Waals surface area contributed by atoms with Crippen molar-refractivity contribution in [2.45, 2.75) is 0 Å². The second-order valence-corrected chi connectivity index (χ2v) is 3.22. The van der Waals surface area contributed by atoms with Gasteiger partial charge >= 0.3 is 5.97 Å². The Balaban J connectivity index is 2.75. The van der Waals surface area contributed by atoms with E-state index >= 15 is 0 Å². The zero-order chi connectivity index (χ0) is 11.0. The van der Waals surface area contributed by atoms with E-state index in [0.717, 1.165) is 0 Å². The molecule has 7 heteroatoms. The van der Waals surface area contributed by atoms with Crippen LogP contribution < -0.4 is 0 Å². The van der Waals surface area contributed by atoms with Crippen LogP contribution in [0.4, 0.5) is 0 Å². The van der Waals surface area contributed by atoms with Crippen LogP contribution in [0.5, 0.6) is 0 Å². The third-order valence-corrected chi connectivity index (χ3v) is 2.06. The van der Waals surface area contributed by atoms with Crippen LogP contribution in [0.2, 0.25) is 5.02 Å². The quantitative estimate of drug-likeness (QED) is 0.583. The number of methoxy groups -OCH3 is 1. The van der Waals surface area contributed by atoms with Gasteiger partial charge in [-0.3, -0.25) is 0 Å². The fourth-order valence-electron chi connectivity index (χ4n) is 1.24. The summed E-state index contributed by atoms with van der Waals surface area (Å²) in [6.45, 7) is 0. The molecule has 0 aliphatic rings. The fourth-order valence-corrected chi connectivity index (χ4v) is 1.45. The third-order valence-electron chi connectivity index (χ3n) is 1.85. The van der Waals surface area contributed by atoms with Crippen LogP contribution in [0, 0.1) is 0 Å². The molecule has 2 rings (SSSR count). The summed E-state index contributed by atoms with van der Waals surface area (Å²) in [4.78, 5) is 11.7. The van der Waals surface area contributed by atoms with Gasteiger partial charge in [0.2, 0.25) is 0 Å². The number of fused-ring (bicyclic) bond motifs is 1. The summed E-state index contributed by atoms with van der Waals surface area (Å²) in [6.07, 6.45) is 0. The summed E-state index contributed by atoms with van der Waals surface area (Å²) in [5.74, 6) is -0.581. The Kier molecular flexibility index (Phi) is 2.20. The molecular formula is C8H6ClN3O3. The molecule has 0 aliphatic heterocycles. The lowest BCUT2D eigenvalue weighted by molar-refractivity contribution is 0.0602. The van der Waals surface area contributed by atoms with E-state index in [9.17, 15) is 4.79 Å². The third kappa shape index (κ3) is 1.59. The second kappa shape index (κ2) is 3.39. The lowest BCUT2D eigenvalue weighted by Crippen LogP contribution is -2.02. The molecular weight excluding hydrogens is 222 g/mol. The van der Waals surface area contributed by atoms with Gasteiger partial charge in [-0.2, -0.15) is 0 Å². The highest BCUT2D eigenvalue weighted by Gasteiger charge is 2.15. The molecule has 0 aliphatic carbocycles. The zero-order valence-corrected chi connectivity index (χ0v) is 8.39. The minimum absolute atomic E-state index is 0.167. The van der Waals surface area contributed by atoms with Crippen LogP contribution in [0.15, 0.2) is 12.1 Å². The van der Waals surface area contributed by atoms with Crippen molar-refractivity contribution in [2.75, 3.05) is 7.11 Å². The average Bonchev–Trinajstić information content (AvgIpc) is 2.55. The van der Waals surface area contributed by atoms with Crippen LogP contribution in [0.3, 0.4) is 0 Å². The molecule has 78 valence electrons. The van der Waals surface area contributed by atoms with Gasteiger partial charge < -0.3 is 9.94 Å². The lowest BCUT2D eigenvalue weighted by atomic mass is 10.2. The van der Waals surface area contributed by atoms with Crippen LogP contribution in [0.25, 0.3) is 11.0 Å². The number of hydrogen-bond donors (Lipinski definition) is 1. The van der Waals surface area contributed by atoms with Crippen molar-refractivity contribution in [1.82, 2.24) is 15.2 Å².